The van der Waals surface area contributed by atoms with Gasteiger partial charge in [-0.2, -0.15) is 0 Å². The summed E-state index contributed by atoms with van der Waals surface area (Å²) in [5.41, 5.74) is -0.198. The molecule has 0 aromatic heterocycles. The average Bonchev–Trinajstić information content (AvgIpc) is 2.12. The summed E-state index contributed by atoms with van der Waals surface area (Å²) in [5, 5.41) is 12.6. The quantitative estimate of drug-likeness (QED) is 0.806. The van der Waals surface area contributed by atoms with Crippen molar-refractivity contribution >= 4 is 5.91 Å². The van der Waals surface area contributed by atoms with Gasteiger partial charge in [0, 0.05) is 6.04 Å². The molecular formula is C16H33NO2. The summed E-state index contributed by atoms with van der Waals surface area (Å²) < 4.78 is 0. The standard InChI is InChI=1S/C16H33NO2/c1-11(2)9-13(16(6,7)8)17-14(19)12(10-18)15(3,4)5/h11-13,18H,9-10H2,1-8H3,(H,17,19)/t12-,13-/m0/s1. The molecule has 0 saturated carbocycles. The van der Waals surface area contributed by atoms with Gasteiger partial charge in [0.25, 0.3) is 0 Å². The van der Waals surface area contributed by atoms with E-state index in [0.29, 0.717) is 5.92 Å². The SMILES string of the molecule is CC(C)C[C@H](NC(=O)[C@H](CO)C(C)(C)C)C(C)(C)C. The molecule has 0 aliphatic heterocycles. The van der Waals surface area contributed by atoms with Crippen LogP contribution in [0.3, 0.4) is 0 Å². The Bertz CT molecular complexity index is 284. The fourth-order valence-electron chi connectivity index (χ4n) is 2.12. The molecule has 0 saturated heterocycles. The van der Waals surface area contributed by atoms with Crippen LogP contribution in [0.5, 0.6) is 0 Å². The van der Waals surface area contributed by atoms with E-state index in [1.54, 1.807) is 0 Å². The molecule has 0 rings (SSSR count). The second kappa shape index (κ2) is 6.74. The van der Waals surface area contributed by atoms with Gasteiger partial charge in [-0.25, -0.2) is 0 Å². The molecule has 1 amide bonds. The molecule has 0 bridgehead atoms. The Hall–Kier alpha value is -0.570. The summed E-state index contributed by atoms with van der Waals surface area (Å²) in [6.07, 6.45) is 0.956. The topological polar surface area (TPSA) is 49.3 Å². The highest BCUT2D eigenvalue weighted by molar-refractivity contribution is 5.79. The van der Waals surface area contributed by atoms with Crippen LogP contribution < -0.4 is 5.32 Å². The zero-order valence-corrected chi connectivity index (χ0v) is 14.0. The number of carbonyl (C=O) groups excluding carboxylic acids is 1. The van der Waals surface area contributed by atoms with Crippen molar-refractivity contribution in [2.24, 2.45) is 22.7 Å². The van der Waals surface area contributed by atoms with Gasteiger partial charge < -0.3 is 10.4 Å². The third kappa shape index (κ3) is 6.42. The molecule has 0 spiro atoms. The van der Waals surface area contributed by atoms with Gasteiger partial charge in [0.2, 0.25) is 5.91 Å². The van der Waals surface area contributed by atoms with Crippen LogP contribution in [-0.4, -0.2) is 23.7 Å². The average molecular weight is 271 g/mol. The monoisotopic (exact) mass is 271 g/mol. The summed E-state index contributed by atoms with van der Waals surface area (Å²) >= 11 is 0. The molecule has 0 heterocycles. The number of aliphatic hydroxyl groups excluding tert-OH is 1. The van der Waals surface area contributed by atoms with Crippen LogP contribution in [0.2, 0.25) is 0 Å². The van der Waals surface area contributed by atoms with E-state index in [4.69, 9.17) is 0 Å². The third-order valence-electron chi connectivity index (χ3n) is 3.61. The Balaban J connectivity index is 4.90. The largest absolute Gasteiger partial charge is 0.396 e. The van der Waals surface area contributed by atoms with Gasteiger partial charge in [0.1, 0.15) is 0 Å². The lowest BCUT2D eigenvalue weighted by Crippen LogP contribution is -2.49. The first-order valence-electron chi connectivity index (χ1n) is 7.30. The lowest BCUT2D eigenvalue weighted by atomic mass is 9.78. The minimum absolute atomic E-state index is 0.0256. The number of rotatable bonds is 5. The normalized spacial score (nSPS) is 16.3. The summed E-state index contributed by atoms with van der Waals surface area (Å²) in [5.74, 6) is 0.145. The first-order chi connectivity index (χ1) is 8.39. The summed E-state index contributed by atoms with van der Waals surface area (Å²) in [6.45, 7) is 16.6. The number of nitrogens with one attached hydrogen (secondary N) is 1. The number of amides is 1. The van der Waals surface area contributed by atoms with Crippen molar-refractivity contribution in [2.45, 2.75) is 67.9 Å². The molecule has 0 aliphatic carbocycles. The molecule has 0 aromatic carbocycles. The Kier molecular flexibility index (Phi) is 6.53. The molecular weight excluding hydrogens is 238 g/mol. The predicted molar refractivity (Wildman–Crippen MR) is 80.9 cm³/mol. The highest BCUT2D eigenvalue weighted by atomic mass is 16.3. The zero-order valence-electron chi connectivity index (χ0n) is 14.0. The van der Waals surface area contributed by atoms with Gasteiger partial charge in [-0.15, -0.1) is 0 Å². The molecule has 0 unspecified atom stereocenters. The molecule has 114 valence electrons. The molecule has 3 nitrogen and oxygen atoms in total. The molecule has 0 aromatic rings. The van der Waals surface area contributed by atoms with Crippen molar-refractivity contribution < 1.29 is 9.90 Å². The Morgan fingerprint density at radius 2 is 1.53 bits per heavy atom. The first kappa shape index (κ1) is 18.4. The fourth-order valence-corrected chi connectivity index (χ4v) is 2.12. The summed E-state index contributed by atoms with van der Waals surface area (Å²) in [4.78, 5) is 12.4. The molecule has 2 N–H and O–H groups in total. The van der Waals surface area contributed by atoms with E-state index in [1.165, 1.54) is 0 Å². The maximum absolute atomic E-state index is 12.4. The van der Waals surface area contributed by atoms with Gasteiger partial charge in [-0.1, -0.05) is 55.4 Å². The van der Waals surface area contributed by atoms with E-state index >= 15 is 0 Å². The third-order valence-corrected chi connectivity index (χ3v) is 3.61. The minimum atomic E-state index is -0.357. The molecule has 3 heteroatoms. The van der Waals surface area contributed by atoms with E-state index in [9.17, 15) is 9.90 Å². The highest BCUT2D eigenvalue weighted by Crippen LogP contribution is 2.28. The van der Waals surface area contributed by atoms with Gasteiger partial charge >= 0.3 is 0 Å². The van der Waals surface area contributed by atoms with Crippen LogP contribution in [0.1, 0.15) is 61.8 Å². The van der Waals surface area contributed by atoms with Crippen LogP contribution in [0.25, 0.3) is 0 Å². The van der Waals surface area contributed by atoms with E-state index < -0.39 is 0 Å². The Morgan fingerprint density at radius 3 is 1.79 bits per heavy atom. The maximum Gasteiger partial charge on any atom is 0.226 e. The molecule has 0 aliphatic rings. The maximum atomic E-state index is 12.4. The molecule has 0 radical (unpaired) electrons. The Labute approximate surface area is 119 Å². The number of carbonyl (C=O) groups is 1. The molecule has 19 heavy (non-hydrogen) atoms. The highest BCUT2D eigenvalue weighted by Gasteiger charge is 2.34. The van der Waals surface area contributed by atoms with Crippen LogP contribution >= 0.6 is 0 Å². The number of hydrogen-bond acceptors (Lipinski definition) is 2. The van der Waals surface area contributed by atoms with Crippen LogP contribution in [0.4, 0.5) is 0 Å². The Morgan fingerprint density at radius 1 is 1.05 bits per heavy atom. The molecule has 2 atom stereocenters. The predicted octanol–water partition coefficient (Wildman–Crippen LogP) is 3.22. The van der Waals surface area contributed by atoms with Crippen molar-refractivity contribution in [3.05, 3.63) is 0 Å². The van der Waals surface area contributed by atoms with Gasteiger partial charge in [0.05, 0.1) is 12.5 Å². The van der Waals surface area contributed by atoms with E-state index in [1.807, 2.05) is 20.8 Å². The first-order valence-corrected chi connectivity index (χ1v) is 7.30. The molecule has 0 fully saturated rings. The van der Waals surface area contributed by atoms with E-state index in [2.05, 4.69) is 39.9 Å². The van der Waals surface area contributed by atoms with Crippen molar-refractivity contribution in [1.29, 1.82) is 0 Å². The van der Waals surface area contributed by atoms with Crippen molar-refractivity contribution in [3.63, 3.8) is 0 Å². The van der Waals surface area contributed by atoms with Gasteiger partial charge in [-0.05, 0) is 23.2 Å². The summed E-state index contributed by atoms with van der Waals surface area (Å²) in [6, 6.07) is 0.136. The number of hydrogen-bond donors (Lipinski definition) is 2. The fraction of sp³-hybridized carbons (Fsp3) is 0.938. The van der Waals surface area contributed by atoms with Gasteiger partial charge in [-0.3, -0.25) is 4.79 Å². The second-order valence-corrected chi connectivity index (χ2v) is 8.16. The minimum Gasteiger partial charge on any atom is -0.396 e. The smallest absolute Gasteiger partial charge is 0.226 e. The summed E-state index contributed by atoms with van der Waals surface area (Å²) in [7, 11) is 0. The zero-order chi connectivity index (χ0) is 15.4. The second-order valence-electron chi connectivity index (χ2n) is 8.16. The van der Waals surface area contributed by atoms with Crippen LogP contribution in [0, 0.1) is 22.7 Å². The van der Waals surface area contributed by atoms with Crippen molar-refractivity contribution in [2.75, 3.05) is 6.61 Å². The van der Waals surface area contributed by atoms with E-state index in [-0.39, 0.29) is 35.3 Å². The van der Waals surface area contributed by atoms with Crippen LogP contribution in [0.15, 0.2) is 0 Å². The van der Waals surface area contributed by atoms with Crippen LogP contribution in [-0.2, 0) is 4.79 Å². The van der Waals surface area contributed by atoms with Gasteiger partial charge in [0.15, 0.2) is 0 Å². The van der Waals surface area contributed by atoms with Crippen molar-refractivity contribution in [1.82, 2.24) is 5.32 Å². The van der Waals surface area contributed by atoms with Crippen molar-refractivity contribution in [3.8, 4) is 0 Å². The number of aliphatic hydroxyl groups is 1. The lowest BCUT2D eigenvalue weighted by Gasteiger charge is -2.36. The lowest BCUT2D eigenvalue weighted by molar-refractivity contribution is -0.131. The van der Waals surface area contributed by atoms with E-state index in [0.717, 1.165) is 6.42 Å².